The monoisotopic (exact) mass is 551 g/mol. The topological polar surface area (TPSA) is 78.8 Å². The molecule has 0 amide bonds. The molecule has 0 atom stereocenters. The number of ether oxygens (including phenoxy) is 1. The van der Waals surface area contributed by atoms with Crippen LogP contribution in [0.2, 0.25) is 0 Å². The summed E-state index contributed by atoms with van der Waals surface area (Å²) in [5.74, 6) is 7.02. The lowest BCUT2D eigenvalue weighted by atomic mass is 9.90. The summed E-state index contributed by atoms with van der Waals surface area (Å²) in [5.41, 5.74) is 4.02. The first-order valence-corrected chi connectivity index (χ1v) is 15.0. The molecule has 1 heterocycles. The largest absolute Gasteiger partial charge is 0.495 e. The van der Waals surface area contributed by atoms with Crippen LogP contribution >= 0.6 is 0 Å². The molecule has 4 rings (SSSR count). The Morgan fingerprint density at radius 2 is 1.77 bits per heavy atom. The molecule has 0 bridgehead atoms. The Balaban J connectivity index is 1.49. The average molecular weight is 552 g/mol. The molecule has 0 radical (unpaired) electrons. The second-order valence-electron chi connectivity index (χ2n) is 10.4. The van der Waals surface area contributed by atoms with Gasteiger partial charge < -0.3 is 24.8 Å². The Kier molecular flexibility index (Phi) is 9.11. The highest BCUT2D eigenvalue weighted by Crippen LogP contribution is 2.31. The summed E-state index contributed by atoms with van der Waals surface area (Å²) in [6, 6.07) is 14.6. The number of sulfonamides is 1. The number of benzene rings is 2. The average Bonchev–Trinajstić information content (AvgIpc) is 3.29. The highest BCUT2D eigenvalue weighted by atomic mass is 32.2. The summed E-state index contributed by atoms with van der Waals surface area (Å²) in [6.45, 7) is 3.36. The zero-order valence-electron chi connectivity index (χ0n) is 23.9. The summed E-state index contributed by atoms with van der Waals surface area (Å²) in [7, 11) is 5.36. The molecule has 3 aromatic rings. The second kappa shape index (κ2) is 12.3. The molecule has 0 aliphatic heterocycles. The van der Waals surface area contributed by atoms with Gasteiger partial charge in [-0.05, 0) is 83.0 Å². The Bertz CT molecular complexity index is 1460. The summed E-state index contributed by atoms with van der Waals surface area (Å²) in [4.78, 5) is 2.53. The van der Waals surface area contributed by atoms with E-state index in [9.17, 15) is 8.42 Å². The molecule has 2 N–H and O–H groups in total. The first-order valence-electron chi connectivity index (χ1n) is 13.5. The fourth-order valence-corrected chi connectivity index (χ4v) is 6.19. The van der Waals surface area contributed by atoms with Crippen LogP contribution in [-0.2, 0) is 16.6 Å². The van der Waals surface area contributed by atoms with Gasteiger partial charge in [0.15, 0.2) is 0 Å². The third-order valence-corrected chi connectivity index (χ3v) is 9.39. The van der Waals surface area contributed by atoms with Crippen molar-refractivity contribution in [1.29, 1.82) is 0 Å². The van der Waals surface area contributed by atoms with Crippen molar-refractivity contribution < 1.29 is 13.2 Å². The van der Waals surface area contributed by atoms with Crippen molar-refractivity contribution in [2.45, 2.75) is 56.1 Å². The van der Waals surface area contributed by atoms with Gasteiger partial charge in [0.25, 0.3) is 0 Å². The van der Waals surface area contributed by atoms with Crippen LogP contribution in [0, 0.1) is 11.8 Å². The van der Waals surface area contributed by atoms with Gasteiger partial charge in [-0.15, -0.1) is 0 Å². The van der Waals surface area contributed by atoms with E-state index in [0.29, 0.717) is 30.1 Å². The predicted molar refractivity (Wildman–Crippen MR) is 160 cm³/mol. The SMILES string of the molecule is CCn1c(C#CCNc2ccc(S(=O)(=O)N(C)C)cc2OC)cc2c(NC3CCC(N(C)C)CC3)cccc21. The van der Waals surface area contributed by atoms with E-state index < -0.39 is 10.0 Å². The van der Waals surface area contributed by atoms with Gasteiger partial charge in [-0.3, -0.25) is 0 Å². The van der Waals surface area contributed by atoms with Crippen LogP contribution in [0.15, 0.2) is 47.4 Å². The Labute approximate surface area is 233 Å². The van der Waals surface area contributed by atoms with Crippen molar-refractivity contribution in [1.82, 2.24) is 13.8 Å². The molecule has 1 saturated carbocycles. The Morgan fingerprint density at radius 1 is 1.03 bits per heavy atom. The number of hydrogen-bond donors (Lipinski definition) is 2. The van der Waals surface area contributed by atoms with Crippen molar-refractivity contribution in [2.75, 3.05) is 52.5 Å². The smallest absolute Gasteiger partial charge is 0.242 e. The molecule has 0 spiro atoms. The van der Waals surface area contributed by atoms with E-state index in [1.54, 1.807) is 12.1 Å². The molecule has 2 aromatic carbocycles. The highest BCUT2D eigenvalue weighted by Gasteiger charge is 2.23. The number of nitrogens with zero attached hydrogens (tertiary/aromatic N) is 3. The fourth-order valence-electron chi connectivity index (χ4n) is 5.27. The van der Waals surface area contributed by atoms with Crippen molar-refractivity contribution in [2.24, 2.45) is 0 Å². The van der Waals surface area contributed by atoms with E-state index in [4.69, 9.17) is 4.74 Å². The third kappa shape index (κ3) is 6.35. The van der Waals surface area contributed by atoms with Gasteiger partial charge in [-0.25, -0.2) is 12.7 Å². The van der Waals surface area contributed by atoms with Crippen LogP contribution in [0.5, 0.6) is 5.75 Å². The summed E-state index contributed by atoms with van der Waals surface area (Å²) in [6.07, 6.45) is 4.80. The number of rotatable bonds is 9. The highest BCUT2D eigenvalue weighted by molar-refractivity contribution is 7.89. The number of aryl methyl sites for hydroxylation is 1. The molecule has 210 valence electrons. The molecule has 1 fully saturated rings. The number of aromatic nitrogens is 1. The van der Waals surface area contributed by atoms with Gasteiger partial charge in [-0.1, -0.05) is 12.0 Å². The lowest BCUT2D eigenvalue weighted by Crippen LogP contribution is -2.36. The van der Waals surface area contributed by atoms with Crippen LogP contribution in [-0.4, -0.2) is 76.1 Å². The molecule has 8 nitrogen and oxygen atoms in total. The number of methoxy groups -OCH3 is 1. The van der Waals surface area contributed by atoms with Crippen LogP contribution in [0.3, 0.4) is 0 Å². The fraction of sp³-hybridized carbons (Fsp3) is 0.467. The Morgan fingerprint density at radius 3 is 2.41 bits per heavy atom. The van der Waals surface area contributed by atoms with Crippen molar-refractivity contribution in [3.63, 3.8) is 0 Å². The van der Waals surface area contributed by atoms with E-state index in [1.165, 1.54) is 73.9 Å². The minimum atomic E-state index is -3.54. The van der Waals surface area contributed by atoms with Crippen molar-refractivity contribution >= 4 is 32.3 Å². The van der Waals surface area contributed by atoms with Gasteiger partial charge >= 0.3 is 0 Å². The van der Waals surface area contributed by atoms with E-state index in [-0.39, 0.29) is 4.90 Å². The van der Waals surface area contributed by atoms with Crippen LogP contribution in [0.1, 0.15) is 38.3 Å². The van der Waals surface area contributed by atoms with E-state index >= 15 is 0 Å². The summed E-state index contributed by atoms with van der Waals surface area (Å²) >= 11 is 0. The standard InChI is InChI=1S/C30H41N5O3S/c1-7-35-24(10-9-19-31-28-18-17-25(21-30(28)38-6)39(36,37)34(4)5)20-26-27(11-8-12-29(26)35)32-22-13-15-23(16-14-22)33(2)3/h8,11-12,17-18,20-23,31-32H,7,13-16,19H2,1-6H3. The van der Waals surface area contributed by atoms with E-state index in [0.717, 1.165) is 12.2 Å². The van der Waals surface area contributed by atoms with Crippen molar-refractivity contribution in [3.8, 4) is 17.6 Å². The van der Waals surface area contributed by atoms with Crippen molar-refractivity contribution in [3.05, 3.63) is 48.2 Å². The molecule has 1 aliphatic carbocycles. The number of fused-ring (bicyclic) bond motifs is 1. The van der Waals surface area contributed by atoms with Crippen LogP contribution < -0.4 is 15.4 Å². The molecule has 0 unspecified atom stereocenters. The number of hydrogen-bond acceptors (Lipinski definition) is 6. The normalized spacial score (nSPS) is 17.7. The maximum atomic E-state index is 12.5. The summed E-state index contributed by atoms with van der Waals surface area (Å²) < 4.78 is 33.8. The van der Waals surface area contributed by atoms with Crippen LogP contribution in [0.4, 0.5) is 11.4 Å². The first kappa shape index (κ1) is 28.8. The van der Waals surface area contributed by atoms with E-state index in [2.05, 4.69) is 77.2 Å². The molecule has 1 aliphatic rings. The third-order valence-electron chi connectivity index (χ3n) is 7.58. The van der Waals surface area contributed by atoms with E-state index in [1.807, 2.05) is 0 Å². The quantitative estimate of drug-likeness (QED) is 0.377. The minimum Gasteiger partial charge on any atom is -0.495 e. The molecule has 39 heavy (non-hydrogen) atoms. The lowest BCUT2D eigenvalue weighted by molar-refractivity contribution is 0.221. The predicted octanol–water partition coefficient (Wildman–Crippen LogP) is 4.67. The molecular weight excluding hydrogens is 510 g/mol. The maximum absolute atomic E-state index is 12.5. The summed E-state index contributed by atoms with van der Waals surface area (Å²) in [5, 5.41) is 8.28. The minimum absolute atomic E-state index is 0.184. The van der Waals surface area contributed by atoms with Crippen LogP contribution in [0.25, 0.3) is 10.9 Å². The first-order chi connectivity index (χ1) is 18.6. The second-order valence-corrected chi connectivity index (χ2v) is 12.6. The number of nitrogens with one attached hydrogen (secondary N) is 2. The van der Waals surface area contributed by atoms with Gasteiger partial charge in [-0.2, -0.15) is 0 Å². The molecule has 1 aromatic heterocycles. The van der Waals surface area contributed by atoms with Gasteiger partial charge in [0, 0.05) is 49.9 Å². The van der Waals surface area contributed by atoms with Gasteiger partial charge in [0.05, 0.1) is 35.4 Å². The molecule has 9 heteroatoms. The zero-order valence-corrected chi connectivity index (χ0v) is 24.7. The molecule has 0 saturated heterocycles. The van der Waals surface area contributed by atoms with Gasteiger partial charge in [0.1, 0.15) is 5.75 Å². The van der Waals surface area contributed by atoms with Gasteiger partial charge in [0.2, 0.25) is 10.0 Å². The maximum Gasteiger partial charge on any atom is 0.242 e. The molecular formula is C30H41N5O3S. The number of anilines is 2. The zero-order chi connectivity index (χ0) is 28.2. The lowest BCUT2D eigenvalue weighted by Gasteiger charge is -2.33. The Hall–Kier alpha value is -3.19.